The Bertz CT molecular complexity index is 653. The highest BCUT2D eigenvalue weighted by Gasteiger charge is 2.43. The minimum absolute atomic E-state index is 0.281. The number of nitrogens with zero attached hydrogens (tertiary/aromatic N) is 3. The fraction of sp³-hybridized carbons (Fsp3) is 0.500. The molecule has 5 heteroatoms. The normalized spacial score (nSPS) is 25.4. The zero-order valence-electron chi connectivity index (χ0n) is 12.0. The predicted molar refractivity (Wildman–Crippen MR) is 82.3 cm³/mol. The van der Waals surface area contributed by atoms with Crippen LogP contribution < -0.4 is 0 Å². The summed E-state index contributed by atoms with van der Waals surface area (Å²) < 4.78 is 0. The molecule has 2 aromatic heterocycles. The maximum absolute atomic E-state index is 6.25. The summed E-state index contributed by atoms with van der Waals surface area (Å²) in [4.78, 5) is 6.60. The lowest BCUT2D eigenvalue weighted by Gasteiger charge is -2.40. The minimum Gasteiger partial charge on any atom is -0.298 e. The van der Waals surface area contributed by atoms with Crippen LogP contribution >= 0.6 is 11.6 Å². The summed E-state index contributed by atoms with van der Waals surface area (Å²) in [5.74, 6) is 0. The molecule has 1 unspecified atom stereocenters. The summed E-state index contributed by atoms with van der Waals surface area (Å²) in [6.07, 6.45) is 10.5. The molecule has 1 spiro atoms. The van der Waals surface area contributed by atoms with Crippen LogP contribution in [-0.4, -0.2) is 33.2 Å². The molecule has 1 N–H and O–H groups in total. The van der Waals surface area contributed by atoms with Crippen molar-refractivity contribution in [3.63, 3.8) is 0 Å². The number of rotatable bonds is 2. The summed E-state index contributed by atoms with van der Waals surface area (Å²) in [5.41, 5.74) is 4.25. The van der Waals surface area contributed by atoms with Crippen molar-refractivity contribution in [2.24, 2.45) is 0 Å². The fourth-order valence-corrected chi connectivity index (χ4v) is 4.18. The smallest absolute Gasteiger partial charge is 0.0634 e. The van der Waals surface area contributed by atoms with E-state index < -0.39 is 0 Å². The summed E-state index contributed by atoms with van der Waals surface area (Å²) >= 11 is 6.25. The Hall–Kier alpha value is -1.39. The molecule has 0 radical (unpaired) electrons. The highest BCUT2D eigenvalue weighted by Crippen LogP contribution is 2.44. The number of fused-ring (bicyclic) bond motifs is 2. The second-order valence-corrected chi connectivity index (χ2v) is 6.74. The average Bonchev–Trinajstić information content (AvgIpc) is 3.07. The number of aromatic amines is 1. The number of likely N-dealkylation sites (tertiary alicyclic amines) is 1. The van der Waals surface area contributed by atoms with Crippen LogP contribution in [0.2, 0.25) is 5.02 Å². The highest BCUT2D eigenvalue weighted by molar-refractivity contribution is 6.31. The lowest BCUT2D eigenvalue weighted by atomic mass is 9.77. The van der Waals surface area contributed by atoms with Crippen molar-refractivity contribution in [1.29, 1.82) is 0 Å². The van der Waals surface area contributed by atoms with Gasteiger partial charge in [0.05, 0.1) is 11.2 Å². The van der Waals surface area contributed by atoms with E-state index >= 15 is 0 Å². The second-order valence-electron chi connectivity index (χ2n) is 6.33. The Morgan fingerprint density at radius 3 is 3.19 bits per heavy atom. The molecule has 0 saturated carbocycles. The van der Waals surface area contributed by atoms with Crippen molar-refractivity contribution in [1.82, 2.24) is 20.1 Å². The van der Waals surface area contributed by atoms with Crippen molar-refractivity contribution in [2.45, 2.75) is 37.6 Å². The first-order chi connectivity index (χ1) is 10.3. The van der Waals surface area contributed by atoms with Crippen LogP contribution in [0.4, 0.5) is 0 Å². The molecule has 2 aliphatic rings. The largest absolute Gasteiger partial charge is 0.298 e. The number of pyridine rings is 1. The van der Waals surface area contributed by atoms with Crippen LogP contribution in [0.15, 0.2) is 24.7 Å². The van der Waals surface area contributed by atoms with Crippen LogP contribution in [0.25, 0.3) is 0 Å². The third kappa shape index (κ3) is 2.27. The van der Waals surface area contributed by atoms with Gasteiger partial charge in [0.1, 0.15) is 0 Å². The van der Waals surface area contributed by atoms with E-state index in [2.05, 4.69) is 20.1 Å². The molecule has 2 aromatic rings. The van der Waals surface area contributed by atoms with E-state index in [0.29, 0.717) is 0 Å². The molecule has 1 aliphatic carbocycles. The van der Waals surface area contributed by atoms with Gasteiger partial charge in [-0.25, -0.2) is 0 Å². The number of aromatic nitrogens is 3. The van der Waals surface area contributed by atoms with Gasteiger partial charge in [-0.2, -0.15) is 5.10 Å². The van der Waals surface area contributed by atoms with Crippen molar-refractivity contribution in [2.75, 3.05) is 13.1 Å². The first-order valence-electron chi connectivity index (χ1n) is 7.60. The Kier molecular flexibility index (Phi) is 3.23. The van der Waals surface area contributed by atoms with Gasteiger partial charge >= 0.3 is 0 Å². The predicted octanol–water partition coefficient (Wildman–Crippen LogP) is 2.94. The lowest BCUT2D eigenvalue weighted by molar-refractivity contribution is 0.136. The molecule has 21 heavy (non-hydrogen) atoms. The van der Waals surface area contributed by atoms with Gasteiger partial charge in [-0.15, -0.1) is 0 Å². The maximum Gasteiger partial charge on any atom is 0.0634 e. The van der Waals surface area contributed by atoms with E-state index in [0.717, 1.165) is 31.1 Å². The summed E-state index contributed by atoms with van der Waals surface area (Å²) in [6.45, 7) is 3.15. The number of hydrogen-bond donors (Lipinski definition) is 1. The van der Waals surface area contributed by atoms with E-state index in [1.807, 2.05) is 18.5 Å². The van der Waals surface area contributed by atoms with Gasteiger partial charge in [-0.3, -0.25) is 15.0 Å². The van der Waals surface area contributed by atoms with Gasteiger partial charge in [-0.05, 0) is 49.4 Å². The van der Waals surface area contributed by atoms with E-state index in [1.54, 1.807) is 6.20 Å². The maximum atomic E-state index is 6.25. The molecule has 1 fully saturated rings. The molecule has 1 saturated heterocycles. The monoisotopic (exact) mass is 302 g/mol. The van der Waals surface area contributed by atoms with Crippen molar-refractivity contribution < 1.29 is 0 Å². The molecule has 1 aliphatic heterocycles. The summed E-state index contributed by atoms with van der Waals surface area (Å²) in [5, 5.41) is 8.27. The van der Waals surface area contributed by atoms with Gasteiger partial charge in [0.2, 0.25) is 0 Å². The lowest BCUT2D eigenvalue weighted by Crippen LogP contribution is -2.44. The number of aryl methyl sites for hydroxylation is 1. The van der Waals surface area contributed by atoms with Crippen LogP contribution in [0.3, 0.4) is 0 Å². The first-order valence-corrected chi connectivity index (χ1v) is 7.98. The van der Waals surface area contributed by atoms with Crippen LogP contribution in [0.1, 0.15) is 36.1 Å². The Labute approximate surface area is 129 Å². The van der Waals surface area contributed by atoms with E-state index in [-0.39, 0.29) is 5.41 Å². The van der Waals surface area contributed by atoms with Gasteiger partial charge in [0.25, 0.3) is 0 Å². The van der Waals surface area contributed by atoms with E-state index in [1.165, 1.54) is 36.1 Å². The fourth-order valence-electron chi connectivity index (χ4n) is 4.00. The number of nitrogens with one attached hydrogen (secondary N) is 1. The quantitative estimate of drug-likeness (QED) is 0.927. The van der Waals surface area contributed by atoms with Crippen molar-refractivity contribution in [3.8, 4) is 0 Å². The third-order valence-electron chi connectivity index (χ3n) is 5.03. The molecule has 0 bridgehead atoms. The Morgan fingerprint density at radius 1 is 1.33 bits per heavy atom. The summed E-state index contributed by atoms with van der Waals surface area (Å²) in [6, 6.07) is 2.03. The van der Waals surface area contributed by atoms with Gasteiger partial charge in [0.15, 0.2) is 0 Å². The zero-order valence-corrected chi connectivity index (χ0v) is 12.7. The van der Waals surface area contributed by atoms with Gasteiger partial charge in [-0.1, -0.05) is 11.6 Å². The van der Waals surface area contributed by atoms with Crippen LogP contribution in [-0.2, 0) is 18.4 Å². The molecule has 4 nitrogen and oxygen atoms in total. The molecule has 0 amide bonds. The second kappa shape index (κ2) is 5.11. The number of H-pyrrole nitrogens is 1. The van der Waals surface area contributed by atoms with Crippen molar-refractivity contribution in [3.05, 3.63) is 46.5 Å². The topological polar surface area (TPSA) is 44.8 Å². The molecule has 1 atom stereocenters. The molecule has 4 rings (SSSR count). The number of halogens is 1. The molecular weight excluding hydrogens is 284 g/mol. The minimum atomic E-state index is 0.281. The molecule has 3 heterocycles. The zero-order chi connectivity index (χ0) is 14.3. The number of piperidine rings is 1. The summed E-state index contributed by atoms with van der Waals surface area (Å²) in [7, 11) is 0. The van der Waals surface area contributed by atoms with E-state index in [4.69, 9.17) is 11.6 Å². The Balaban J connectivity index is 1.56. The third-order valence-corrected chi connectivity index (χ3v) is 5.37. The highest BCUT2D eigenvalue weighted by atomic mass is 35.5. The van der Waals surface area contributed by atoms with Gasteiger partial charge in [0, 0.05) is 36.6 Å². The molecule has 110 valence electrons. The van der Waals surface area contributed by atoms with Crippen LogP contribution in [0.5, 0.6) is 0 Å². The van der Waals surface area contributed by atoms with Gasteiger partial charge < -0.3 is 0 Å². The number of hydrogen-bond acceptors (Lipinski definition) is 3. The standard InChI is InChI=1S/C16H19ClN4/c17-14-9-18-6-3-13(14)10-21-7-1-4-16(11-21)5-2-12-8-19-20-15(12)16/h3,6,8-9H,1-2,4-5,7,10-11H2,(H,19,20). The Morgan fingerprint density at radius 2 is 2.29 bits per heavy atom. The molecule has 0 aromatic carbocycles. The average molecular weight is 303 g/mol. The first kappa shape index (κ1) is 13.3. The van der Waals surface area contributed by atoms with Crippen LogP contribution in [0, 0.1) is 0 Å². The van der Waals surface area contributed by atoms with E-state index in [9.17, 15) is 0 Å². The SMILES string of the molecule is Clc1cnccc1CN1CCCC2(CCc3cn[nH]c32)C1. The van der Waals surface area contributed by atoms with Crippen molar-refractivity contribution >= 4 is 11.6 Å². The molecular formula is C16H19ClN4.